The first kappa shape index (κ1) is 12.5. The van der Waals surface area contributed by atoms with E-state index in [9.17, 15) is 0 Å². The van der Waals surface area contributed by atoms with E-state index in [-0.39, 0.29) is 12.1 Å². The van der Waals surface area contributed by atoms with Crippen LogP contribution in [0.3, 0.4) is 0 Å². The second-order valence-corrected chi connectivity index (χ2v) is 5.22. The van der Waals surface area contributed by atoms with Gasteiger partial charge in [-0.1, -0.05) is 19.0 Å². The first-order valence-electron chi connectivity index (χ1n) is 6.23. The van der Waals surface area contributed by atoms with Crippen LogP contribution in [0.2, 0.25) is 0 Å². The second kappa shape index (κ2) is 5.14. The predicted molar refractivity (Wildman–Crippen MR) is 63.2 cm³/mol. The lowest BCUT2D eigenvalue weighted by Gasteiger charge is -2.09. The Labute approximate surface area is 102 Å². The fourth-order valence-corrected chi connectivity index (χ4v) is 2.03. The molecular formula is C12H21N3O2. The van der Waals surface area contributed by atoms with Crippen molar-refractivity contribution in [2.24, 2.45) is 17.6 Å². The van der Waals surface area contributed by atoms with Gasteiger partial charge in [0.15, 0.2) is 0 Å². The molecule has 5 heteroatoms. The van der Waals surface area contributed by atoms with Crippen molar-refractivity contribution >= 4 is 0 Å². The van der Waals surface area contributed by atoms with E-state index in [1.54, 1.807) is 7.11 Å². The molecule has 1 aliphatic carbocycles. The first-order chi connectivity index (χ1) is 8.11. The third-order valence-corrected chi connectivity index (χ3v) is 3.06. The van der Waals surface area contributed by atoms with Crippen molar-refractivity contribution in [2.45, 2.75) is 45.3 Å². The van der Waals surface area contributed by atoms with Crippen molar-refractivity contribution in [1.29, 1.82) is 0 Å². The lowest BCUT2D eigenvalue weighted by atomic mass is 10.0. The molecule has 0 bridgehead atoms. The number of hydrogen-bond acceptors (Lipinski definition) is 5. The molecule has 1 saturated carbocycles. The fourth-order valence-electron chi connectivity index (χ4n) is 2.03. The maximum atomic E-state index is 6.01. The minimum absolute atomic E-state index is 0.0289. The van der Waals surface area contributed by atoms with Crippen LogP contribution >= 0.6 is 0 Å². The highest BCUT2D eigenvalue weighted by molar-refractivity contribution is 5.00. The van der Waals surface area contributed by atoms with Crippen LogP contribution in [0.4, 0.5) is 0 Å². The van der Waals surface area contributed by atoms with Crippen molar-refractivity contribution in [3.63, 3.8) is 0 Å². The highest BCUT2D eigenvalue weighted by Gasteiger charge is 2.36. The van der Waals surface area contributed by atoms with Crippen molar-refractivity contribution in [1.82, 2.24) is 10.1 Å². The highest BCUT2D eigenvalue weighted by Crippen LogP contribution is 2.42. The standard InChI is InChI=1S/C12H21N3O2/c1-7(2)6-9(13)12-14-11(15-17-12)10(16-3)8-4-5-8/h7-10H,4-6,13H2,1-3H3/t9-,10?/m1/s1. The molecule has 17 heavy (non-hydrogen) atoms. The van der Waals surface area contributed by atoms with Gasteiger partial charge < -0.3 is 15.0 Å². The molecule has 0 radical (unpaired) electrons. The summed E-state index contributed by atoms with van der Waals surface area (Å²) in [6, 6.07) is -0.173. The van der Waals surface area contributed by atoms with Gasteiger partial charge in [-0.2, -0.15) is 4.98 Å². The van der Waals surface area contributed by atoms with Gasteiger partial charge in [-0.25, -0.2) is 0 Å². The van der Waals surface area contributed by atoms with E-state index in [0.29, 0.717) is 23.6 Å². The molecule has 2 rings (SSSR count). The van der Waals surface area contributed by atoms with Crippen LogP contribution in [0.15, 0.2) is 4.52 Å². The molecule has 2 atom stereocenters. The van der Waals surface area contributed by atoms with Crippen LogP contribution in [0, 0.1) is 11.8 Å². The SMILES string of the molecule is COC(c1noc([C@H](N)CC(C)C)n1)C1CC1. The molecule has 0 aliphatic heterocycles. The molecule has 96 valence electrons. The predicted octanol–water partition coefficient (Wildman–Crippen LogP) is 2.21. The summed E-state index contributed by atoms with van der Waals surface area (Å²) in [7, 11) is 1.69. The molecule has 1 aliphatic rings. The van der Waals surface area contributed by atoms with Gasteiger partial charge in [-0.15, -0.1) is 0 Å². The van der Waals surface area contributed by atoms with Gasteiger partial charge in [0.05, 0.1) is 6.04 Å². The van der Waals surface area contributed by atoms with Gasteiger partial charge in [0, 0.05) is 7.11 Å². The molecule has 5 nitrogen and oxygen atoms in total. The van der Waals surface area contributed by atoms with E-state index in [0.717, 1.165) is 6.42 Å². The zero-order valence-electron chi connectivity index (χ0n) is 10.7. The summed E-state index contributed by atoms with van der Waals surface area (Å²) in [6.07, 6.45) is 3.18. The Morgan fingerprint density at radius 3 is 2.71 bits per heavy atom. The molecule has 1 heterocycles. The van der Waals surface area contributed by atoms with Crippen molar-refractivity contribution in [3.8, 4) is 0 Å². The number of nitrogens with zero attached hydrogens (tertiary/aromatic N) is 2. The molecule has 1 aromatic heterocycles. The monoisotopic (exact) mass is 239 g/mol. The van der Waals surface area contributed by atoms with Crippen LogP contribution in [-0.2, 0) is 4.74 Å². The summed E-state index contributed by atoms with van der Waals surface area (Å²) in [5, 5.41) is 3.99. The Balaban J connectivity index is 2.03. The van der Waals surface area contributed by atoms with Gasteiger partial charge in [-0.05, 0) is 31.1 Å². The summed E-state index contributed by atoms with van der Waals surface area (Å²) in [5.74, 6) is 2.23. The Kier molecular flexibility index (Phi) is 3.79. The maximum absolute atomic E-state index is 6.01. The molecule has 2 N–H and O–H groups in total. The summed E-state index contributed by atoms with van der Waals surface area (Å²) < 4.78 is 10.6. The van der Waals surface area contributed by atoms with Crippen LogP contribution < -0.4 is 5.73 Å². The van der Waals surface area contributed by atoms with E-state index < -0.39 is 0 Å². The van der Waals surface area contributed by atoms with Crippen LogP contribution in [0.1, 0.15) is 57.0 Å². The van der Waals surface area contributed by atoms with E-state index in [4.69, 9.17) is 15.0 Å². The minimum atomic E-state index is -0.173. The zero-order valence-corrected chi connectivity index (χ0v) is 10.7. The van der Waals surface area contributed by atoms with Gasteiger partial charge >= 0.3 is 0 Å². The van der Waals surface area contributed by atoms with Crippen LogP contribution in [0.25, 0.3) is 0 Å². The average Bonchev–Trinajstić information content (AvgIpc) is 2.95. The lowest BCUT2D eigenvalue weighted by Crippen LogP contribution is -2.14. The van der Waals surface area contributed by atoms with Gasteiger partial charge in [-0.3, -0.25) is 0 Å². The highest BCUT2D eigenvalue weighted by atomic mass is 16.5. The summed E-state index contributed by atoms with van der Waals surface area (Å²) in [4.78, 5) is 4.37. The summed E-state index contributed by atoms with van der Waals surface area (Å²) in [5.41, 5.74) is 6.01. The van der Waals surface area contributed by atoms with Gasteiger partial charge in [0.25, 0.3) is 0 Å². The Morgan fingerprint density at radius 2 is 2.18 bits per heavy atom. The third-order valence-electron chi connectivity index (χ3n) is 3.06. The van der Waals surface area contributed by atoms with Crippen molar-refractivity contribution in [2.75, 3.05) is 7.11 Å². The molecule has 1 fully saturated rings. The van der Waals surface area contributed by atoms with Crippen LogP contribution in [0.5, 0.6) is 0 Å². The topological polar surface area (TPSA) is 74.2 Å². The third kappa shape index (κ3) is 3.04. The summed E-state index contributed by atoms with van der Waals surface area (Å²) in [6.45, 7) is 4.25. The van der Waals surface area contributed by atoms with E-state index >= 15 is 0 Å². The molecule has 0 spiro atoms. The average molecular weight is 239 g/mol. The van der Waals surface area contributed by atoms with Gasteiger partial charge in [0.2, 0.25) is 11.7 Å². The largest absolute Gasteiger partial charge is 0.373 e. The first-order valence-corrected chi connectivity index (χ1v) is 6.23. The van der Waals surface area contributed by atoms with E-state index in [1.807, 2.05) is 0 Å². The number of rotatable bonds is 6. The summed E-state index contributed by atoms with van der Waals surface area (Å²) >= 11 is 0. The normalized spacial score (nSPS) is 19.6. The minimum Gasteiger partial charge on any atom is -0.373 e. The van der Waals surface area contributed by atoms with Crippen LogP contribution in [-0.4, -0.2) is 17.3 Å². The Bertz CT molecular complexity index is 360. The van der Waals surface area contributed by atoms with Gasteiger partial charge in [0.1, 0.15) is 6.10 Å². The number of nitrogens with two attached hydrogens (primary N) is 1. The number of hydrogen-bond donors (Lipinski definition) is 1. The Hall–Kier alpha value is -0.940. The second-order valence-electron chi connectivity index (χ2n) is 5.22. The van der Waals surface area contributed by atoms with E-state index in [2.05, 4.69) is 24.0 Å². The molecule has 0 saturated heterocycles. The number of aromatic nitrogens is 2. The molecule has 1 aromatic rings. The molecular weight excluding hydrogens is 218 g/mol. The zero-order chi connectivity index (χ0) is 12.4. The smallest absolute Gasteiger partial charge is 0.243 e. The molecule has 0 aromatic carbocycles. The van der Waals surface area contributed by atoms with E-state index in [1.165, 1.54) is 12.8 Å². The number of methoxy groups -OCH3 is 1. The molecule has 1 unspecified atom stereocenters. The van der Waals surface area contributed by atoms with Crippen molar-refractivity contribution in [3.05, 3.63) is 11.7 Å². The number of ether oxygens (including phenoxy) is 1. The quantitative estimate of drug-likeness (QED) is 0.823. The molecule has 0 amide bonds. The Morgan fingerprint density at radius 1 is 1.47 bits per heavy atom. The maximum Gasteiger partial charge on any atom is 0.243 e. The lowest BCUT2D eigenvalue weighted by molar-refractivity contribution is 0.0751. The van der Waals surface area contributed by atoms with Crippen molar-refractivity contribution < 1.29 is 9.26 Å². The fraction of sp³-hybridized carbons (Fsp3) is 0.833.